The molecule has 1 aromatic carbocycles. The summed E-state index contributed by atoms with van der Waals surface area (Å²) in [6.07, 6.45) is 4.93. The molecule has 3 aromatic rings. The fourth-order valence-electron chi connectivity index (χ4n) is 4.00. The van der Waals surface area contributed by atoms with Crippen LogP contribution in [0.15, 0.2) is 79.3 Å². The summed E-state index contributed by atoms with van der Waals surface area (Å²) in [5, 5.41) is 10.2. The first-order valence-corrected chi connectivity index (χ1v) is 10.2. The number of carbonyl (C=O) groups excluding carboxylic acids is 2. The first-order valence-electron chi connectivity index (χ1n) is 10.2. The molecule has 2 amide bonds. The molecular weight excluding hydrogens is 392 g/mol. The Balaban J connectivity index is 1.65. The van der Waals surface area contributed by atoms with E-state index in [1.807, 2.05) is 42.5 Å². The monoisotopic (exact) mass is 416 g/mol. The van der Waals surface area contributed by atoms with Crippen LogP contribution in [0.2, 0.25) is 0 Å². The standard InChI is InChI=1S/C24H24N4O3/c29-16-22-21(18-6-2-1-3-7-18)15-27(23(30)14-20-8-4-5-11-26-20)17-28(22)24(31)19-9-12-25-13-10-19/h1-13,21-22,29H,14-17H2/t21-,22?/m0/s1. The molecule has 0 spiro atoms. The van der Waals surface area contributed by atoms with Crippen molar-refractivity contribution in [2.24, 2.45) is 0 Å². The van der Waals surface area contributed by atoms with Gasteiger partial charge in [0, 0.05) is 42.3 Å². The van der Waals surface area contributed by atoms with Gasteiger partial charge in [-0.3, -0.25) is 19.6 Å². The first-order chi connectivity index (χ1) is 15.2. The molecule has 2 atom stereocenters. The molecule has 1 N–H and O–H groups in total. The summed E-state index contributed by atoms with van der Waals surface area (Å²) >= 11 is 0. The maximum absolute atomic E-state index is 13.3. The number of amides is 2. The molecule has 7 nitrogen and oxygen atoms in total. The number of hydrogen-bond donors (Lipinski definition) is 1. The smallest absolute Gasteiger partial charge is 0.255 e. The van der Waals surface area contributed by atoms with Gasteiger partial charge in [-0.25, -0.2) is 0 Å². The summed E-state index contributed by atoms with van der Waals surface area (Å²) in [7, 11) is 0. The minimum absolute atomic E-state index is 0.108. The SMILES string of the molecule is O=C(Cc1ccccn1)N1C[C@@H](c2ccccc2)C(CO)N(C(=O)c2ccncc2)C1. The molecule has 0 bridgehead atoms. The second-order valence-electron chi connectivity index (χ2n) is 7.53. The van der Waals surface area contributed by atoms with Crippen LogP contribution in [0, 0.1) is 0 Å². The van der Waals surface area contributed by atoms with E-state index in [4.69, 9.17) is 0 Å². The Morgan fingerprint density at radius 1 is 0.968 bits per heavy atom. The van der Waals surface area contributed by atoms with Gasteiger partial charge in [0.25, 0.3) is 5.91 Å². The van der Waals surface area contributed by atoms with Crippen molar-refractivity contribution in [2.45, 2.75) is 18.4 Å². The lowest BCUT2D eigenvalue weighted by molar-refractivity contribution is -0.136. The Hall–Kier alpha value is -3.58. The molecule has 1 aliphatic heterocycles. The van der Waals surface area contributed by atoms with E-state index in [2.05, 4.69) is 9.97 Å². The van der Waals surface area contributed by atoms with Crippen LogP contribution in [0.25, 0.3) is 0 Å². The molecule has 1 saturated heterocycles. The highest BCUT2D eigenvalue weighted by Gasteiger charge is 2.39. The highest BCUT2D eigenvalue weighted by atomic mass is 16.3. The number of rotatable bonds is 5. The van der Waals surface area contributed by atoms with Crippen molar-refractivity contribution < 1.29 is 14.7 Å². The van der Waals surface area contributed by atoms with Gasteiger partial charge in [0.2, 0.25) is 5.91 Å². The lowest BCUT2D eigenvalue weighted by atomic mass is 9.88. The average Bonchev–Trinajstić information content (AvgIpc) is 2.84. The van der Waals surface area contributed by atoms with Gasteiger partial charge in [0.05, 0.1) is 25.7 Å². The van der Waals surface area contributed by atoms with Crippen LogP contribution in [-0.4, -0.2) is 62.6 Å². The van der Waals surface area contributed by atoms with Crippen LogP contribution in [-0.2, 0) is 11.2 Å². The summed E-state index contributed by atoms with van der Waals surface area (Å²) in [6.45, 7) is 0.334. The van der Waals surface area contributed by atoms with E-state index >= 15 is 0 Å². The zero-order valence-electron chi connectivity index (χ0n) is 17.0. The maximum Gasteiger partial charge on any atom is 0.255 e. The van der Waals surface area contributed by atoms with E-state index in [-0.39, 0.29) is 37.4 Å². The molecule has 4 rings (SSSR count). The molecule has 0 aliphatic carbocycles. The molecule has 31 heavy (non-hydrogen) atoms. The number of aliphatic hydroxyl groups is 1. The summed E-state index contributed by atoms with van der Waals surface area (Å²) in [5.74, 6) is -0.556. The van der Waals surface area contributed by atoms with Gasteiger partial charge in [-0.1, -0.05) is 36.4 Å². The van der Waals surface area contributed by atoms with Crippen LogP contribution in [0.5, 0.6) is 0 Å². The van der Waals surface area contributed by atoms with Gasteiger partial charge in [-0.05, 0) is 29.8 Å². The van der Waals surface area contributed by atoms with Gasteiger partial charge in [0.15, 0.2) is 0 Å². The number of aromatic nitrogens is 2. The molecule has 1 fully saturated rings. The number of pyridine rings is 2. The van der Waals surface area contributed by atoms with Crippen LogP contribution < -0.4 is 0 Å². The lowest BCUT2D eigenvalue weighted by Gasteiger charge is -2.46. The van der Waals surface area contributed by atoms with Crippen molar-refractivity contribution in [1.82, 2.24) is 19.8 Å². The Kier molecular flexibility index (Phi) is 6.33. The van der Waals surface area contributed by atoms with Crippen LogP contribution in [0.3, 0.4) is 0 Å². The second-order valence-corrected chi connectivity index (χ2v) is 7.53. The third-order valence-electron chi connectivity index (χ3n) is 5.62. The van der Waals surface area contributed by atoms with Gasteiger partial charge < -0.3 is 14.9 Å². The topological polar surface area (TPSA) is 86.6 Å². The Labute approximate surface area is 181 Å². The average molecular weight is 416 g/mol. The van der Waals surface area contributed by atoms with Crippen molar-refractivity contribution in [3.8, 4) is 0 Å². The summed E-state index contributed by atoms with van der Waals surface area (Å²) in [5.41, 5.74) is 2.13. The van der Waals surface area contributed by atoms with Gasteiger partial charge in [-0.2, -0.15) is 0 Å². The van der Waals surface area contributed by atoms with E-state index in [0.717, 1.165) is 5.56 Å². The maximum atomic E-state index is 13.3. The molecule has 0 saturated carbocycles. The lowest BCUT2D eigenvalue weighted by Crippen LogP contribution is -2.59. The molecule has 0 radical (unpaired) electrons. The normalized spacial score (nSPS) is 18.6. The Bertz CT molecular complexity index is 1010. The Morgan fingerprint density at radius 2 is 1.71 bits per heavy atom. The summed E-state index contributed by atoms with van der Waals surface area (Å²) in [6, 6.07) is 18.0. The van der Waals surface area contributed by atoms with Gasteiger partial charge >= 0.3 is 0 Å². The Morgan fingerprint density at radius 3 is 2.39 bits per heavy atom. The molecule has 2 aromatic heterocycles. The predicted molar refractivity (Wildman–Crippen MR) is 115 cm³/mol. The quantitative estimate of drug-likeness (QED) is 0.688. The van der Waals surface area contributed by atoms with E-state index in [1.54, 1.807) is 46.6 Å². The molecule has 1 unspecified atom stereocenters. The molecular formula is C24H24N4O3. The zero-order valence-corrected chi connectivity index (χ0v) is 17.0. The number of benzene rings is 1. The van der Waals surface area contributed by atoms with E-state index in [9.17, 15) is 14.7 Å². The van der Waals surface area contributed by atoms with Gasteiger partial charge in [0.1, 0.15) is 0 Å². The number of carbonyl (C=O) groups is 2. The first kappa shape index (κ1) is 20.7. The second kappa shape index (κ2) is 9.49. The third kappa shape index (κ3) is 4.62. The zero-order chi connectivity index (χ0) is 21.6. The minimum atomic E-state index is -0.443. The van der Waals surface area contributed by atoms with Crippen LogP contribution >= 0.6 is 0 Å². The fourth-order valence-corrected chi connectivity index (χ4v) is 4.00. The molecule has 7 heteroatoms. The number of aliphatic hydroxyl groups excluding tert-OH is 1. The summed E-state index contributed by atoms with van der Waals surface area (Å²) in [4.78, 5) is 37.9. The molecule has 158 valence electrons. The van der Waals surface area contributed by atoms with Crippen molar-refractivity contribution in [3.05, 3.63) is 96.1 Å². The number of hydrogen-bond acceptors (Lipinski definition) is 5. The molecule has 3 heterocycles. The van der Waals surface area contributed by atoms with E-state index < -0.39 is 6.04 Å². The predicted octanol–water partition coefficient (Wildman–Crippen LogP) is 2.11. The largest absolute Gasteiger partial charge is 0.394 e. The van der Waals surface area contributed by atoms with Crippen molar-refractivity contribution >= 4 is 11.8 Å². The van der Waals surface area contributed by atoms with Crippen molar-refractivity contribution in [2.75, 3.05) is 19.8 Å². The van der Waals surface area contributed by atoms with Crippen LogP contribution in [0.4, 0.5) is 0 Å². The van der Waals surface area contributed by atoms with E-state index in [1.165, 1.54) is 0 Å². The summed E-state index contributed by atoms with van der Waals surface area (Å²) < 4.78 is 0. The minimum Gasteiger partial charge on any atom is -0.394 e. The number of nitrogens with zero attached hydrogens (tertiary/aromatic N) is 4. The molecule has 1 aliphatic rings. The van der Waals surface area contributed by atoms with E-state index in [0.29, 0.717) is 17.8 Å². The third-order valence-corrected chi connectivity index (χ3v) is 5.62. The van der Waals surface area contributed by atoms with Crippen LogP contribution in [0.1, 0.15) is 27.5 Å². The fraction of sp³-hybridized carbons (Fsp3) is 0.250. The highest BCUT2D eigenvalue weighted by Crippen LogP contribution is 2.30. The highest BCUT2D eigenvalue weighted by molar-refractivity contribution is 5.94. The van der Waals surface area contributed by atoms with Gasteiger partial charge in [-0.15, -0.1) is 0 Å². The van der Waals surface area contributed by atoms with Crippen molar-refractivity contribution in [1.29, 1.82) is 0 Å². The van der Waals surface area contributed by atoms with Crippen molar-refractivity contribution in [3.63, 3.8) is 0 Å².